The maximum Gasteiger partial charge on any atom is 0.417 e. The third kappa shape index (κ3) is 5.66. The summed E-state index contributed by atoms with van der Waals surface area (Å²) in [6.07, 6.45) is -5.17. The van der Waals surface area contributed by atoms with Crippen molar-refractivity contribution in [1.29, 1.82) is 0 Å². The predicted molar refractivity (Wildman–Crippen MR) is 96.0 cm³/mol. The number of halogens is 5. The van der Waals surface area contributed by atoms with Crippen LogP contribution in [0.1, 0.15) is 17.5 Å². The lowest BCUT2D eigenvalue weighted by Crippen LogP contribution is -2.28. The molecule has 0 aliphatic carbocycles. The first-order valence-electron chi connectivity index (χ1n) is 7.82. The fourth-order valence-electron chi connectivity index (χ4n) is 2.22. The van der Waals surface area contributed by atoms with Gasteiger partial charge in [0.05, 0.1) is 21.2 Å². The highest BCUT2D eigenvalue weighted by molar-refractivity contribution is 7.89. The summed E-state index contributed by atoms with van der Waals surface area (Å²) >= 11 is 5.46. The fourth-order valence-corrected chi connectivity index (χ4v) is 3.50. The Morgan fingerprint density at radius 3 is 2.46 bits per heavy atom. The largest absolute Gasteiger partial charge is 0.417 e. The third-order valence-electron chi connectivity index (χ3n) is 3.59. The minimum Gasteiger partial charge on any atom is -0.324 e. The van der Waals surface area contributed by atoms with E-state index in [0.29, 0.717) is 11.6 Å². The van der Waals surface area contributed by atoms with E-state index in [9.17, 15) is 30.8 Å². The highest BCUT2D eigenvalue weighted by atomic mass is 35.5. The summed E-state index contributed by atoms with van der Waals surface area (Å²) in [6.45, 7) is 1.30. The zero-order chi connectivity index (χ0) is 21.1. The molecule has 2 aromatic rings. The van der Waals surface area contributed by atoms with E-state index in [1.54, 1.807) is 6.92 Å². The van der Waals surface area contributed by atoms with Crippen LogP contribution < -0.4 is 10.0 Å². The summed E-state index contributed by atoms with van der Waals surface area (Å²) in [5, 5.41) is 1.67. The quantitative estimate of drug-likeness (QED) is 0.666. The normalized spacial score (nSPS) is 12.1. The van der Waals surface area contributed by atoms with Crippen molar-refractivity contribution >= 4 is 33.2 Å². The molecule has 0 bridgehead atoms. The van der Waals surface area contributed by atoms with Crippen LogP contribution in [-0.2, 0) is 21.0 Å². The number of carbonyl (C=O) groups is 1. The number of rotatable bonds is 6. The maximum absolute atomic E-state index is 13.6. The number of amides is 1. The van der Waals surface area contributed by atoms with E-state index in [2.05, 4.69) is 5.32 Å². The van der Waals surface area contributed by atoms with E-state index in [0.717, 1.165) is 12.1 Å². The Morgan fingerprint density at radius 1 is 1.14 bits per heavy atom. The Kier molecular flexibility index (Phi) is 6.68. The number of nitrogens with one attached hydrogen (secondary N) is 2. The number of alkyl halides is 3. The van der Waals surface area contributed by atoms with Gasteiger partial charge in [0.25, 0.3) is 0 Å². The molecule has 1 amide bonds. The van der Waals surface area contributed by atoms with Gasteiger partial charge in [-0.1, -0.05) is 17.7 Å². The van der Waals surface area contributed by atoms with Gasteiger partial charge in [0, 0.05) is 13.0 Å². The molecule has 2 N–H and O–H groups in total. The average Bonchev–Trinajstić information content (AvgIpc) is 2.57. The molecule has 0 atom stereocenters. The van der Waals surface area contributed by atoms with E-state index in [1.807, 2.05) is 4.72 Å². The number of aryl methyl sites for hydroxylation is 1. The molecular formula is C17H15ClF4N2O3S. The van der Waals surface area contributed by atoms with Gasteiger partial charge in [-0.25, -0.2) is 17.5 Å². The zero-order valence-electron chi connectivity index (χ0n) is 14.4. The molecule has 152 valence electrons. The van der Waals surface area contributed by atoms with Crippen LogP contribution in [0.4, 0.5) is 23.2 Å². The number of carbonyl (C=O) groups excluding carboxylic acids is 1. The lowest BCUT2D eigenvalue weighted by molar-refractivity contribution is -0.137. The van der Waals surface area contributed by atoms with Crippen LogP contribution >= 0.6 is 11.6 Å². The van der Waals surface area contributed by atoms with E-state index >= 15 is 0 Å². The van der Waals surface area contributed by atoms with Gasteiger partial charge in [0.2, 0.25) is 15.9 Å². The summed E-state index contributed by atoms with van der Waals surface area (Å²) in [7, 11) is -4.31. The van der Waals surface area contributed by atoms with Gasteiger partial charge < -0.3 is 5.32 Å². The van der Waals surface area contributed by atoms with Gasteiger partial charge in [-0.3, -0.25) is 4.79 Å². The molecule has 0 radical (unpaired) electrons. The fraction of sp³-hybridized carbons (Fsp3) is 0.235. The molecule has 0 saturated carbocycles. The van der Waals surface area contributed by atoms with Gasteiger partial charge >= 0.3 is 6.18 Å². The summed E-state index contributed by atoms with van der Waals surface area (Å²) in [6, 6.07) is 6.25. The lowest BCUT2D eigenvalue weighted by Gasteiger charge is -2.12. The highest BCUT2D eigenvalue weighted by Crippen LogP contribution is 2.35. The number of anilines is 1. The second kappa shape index (κ2) is 8.46. The van der Waals surface area contributed by atoms with Crippen molar-refractivity contribution in [2.75, 3.05) is 11.9 Å². The van der Waals surface area contributed by atoms with E-state index in [-0.39, 0.29) is 12.1 Å². The third-order valence-corrected chi connectivity index (χ3v) is 5.38. The predicted octanol–water partition coefficient (Wildman–Crippen LogP) is 4.11. The number of sulfonamides is 1. The molecule has 0 fully saturated rings. The first-order chi connectivity index (χ1) is 12.9. The summed E-state index contributed by atoms with van der Waals surface area (Å²) < 4.78 is 78.5. The average molecular weight is 439 g/mol. The van der Waals surface area contributed by atoms with Crippen molar-refractivity contribution in [2.24, 2.45) is 0 Å². The lowest BCUT2D eigenvalue weighted by atomic mass is 10.2. The molecule has 0 spiro atoms. The summed E-state index contributed by atoms with van der Waals surface area (Å²) in [5.41, 5.74) is -0.634. The van der Waals surface area contributed by atoms with Crippen LogP contribution in [0.3, 0.4) is 0 Å². The van der Waals surface area contributed by atoms with Gasteiger partial charge in [0.15, 0.2) is 0 Å². The molecule has 2 rings (SSSR count). The SMILES string of the molecule is Cc1ccc(F)c(NC(=O)CCNS(=O)(=O)c2ccc(Cl)c(C(F)(F)F)c2)c1. The van der Waals surface area contributed by atoms with Crippen molar-refractivity contribution in [3.63, 3.8) is 0 Å². The molecule has 0 aliphatic rings. The molecule has 0 saturated heterocycles. The molecule has 28 heavy (non-hydrogen) atoms. The van der Waals surface area contributed by atoms with E-state index in [1.165, 1.54) is 18.2 Å². The van der Waals surface area contributed by atoms with Crippen molar-refractivity contribution in [3.8, 4) is 0 Å². The first kappa shape index (κ1) is 22.1. The van der Waals surface area contributed by atoms with Crippen LogP contribution in [0.5, 0.6) is 0 Å². The second-order valence-electron chi connectivity index (χ2n) is 5.82. The Labute approximate surface area is 163 Å². The van der Waals surface area contributed by atoms with Crippen LogP contribution in [0, 0.1) is 12.7 Å². The standard InChI is InChI=1S/C17H15ClF4N2O3S/c1-10-2-5-14(19)15(8-10)24-16(25)6-7-23-28(26,27)11-3-4-13(18)12(9-11)17(20,21)22/h2-5,8-9,23H,6-7H2,1H3,(H,24,25). The Bertz CT molecular complexity index is 994. The molecule has 2 aromatic carbocycles. The van der Waals surface area contributed by atoms with Crippen LogP contribution in [0.25, 0.3) is 0 Å². The molecule has 0 aliphatic heterocycles. The zero-order valence-corrected chi connectivity index (χ0v) is 16.0. The molecule has 0 heterocycles. The van der Waals surface area contributed by atoms with Crippen LogP contribution in [-0.4, -0.2) is 20.9 Å². The molecule has 5 nitrogen and oxygen atoms in total. The highest BCUT2D eigenvalue weighted by Gasteiger charge is 2.34. The van der Waals surface area contributed by atoms with E-state index < -0.39 is 50.0 Å². The molecular weight excluding hydrogens is 424 g/mol. The monoisotopic (exact) mass is 438 g/mol. The van der Waals surface area contributed by atoms with Gasteiger partial charge in [-0.2, -0.15) is 13.2 Å². The first-order valence-corrected chi connectivity index (χ1v) is 9.68. The Morgan fingerprint density at radius 2 is 1.82 bits per heavy atom. The minimum absolute atomic E-state index is 0.0552. The topological polar surface area (TPSA) is 75.3 Å². The molecule has 11 heteroatoms. The van der Waals surface area contributed by atoms with Crippen LogP contribution in [0.2, 0.25) is 5.02 Å². The van der Waals surface area contributed by atoms with Crippen molar-refractivity contribution in [3.05, 3.63) is 58.4 Å². The smallest absolute Gasteiger partial charge is 0.324 e. The van der Waals surface area contributed by atoms with Crippen molar-refractivity contribution in [2.45, 2.75) is 24.4 Å². The number of hydrogen-bond donors (Lipinski definition) is 2. The van der Waals surface area contributed by atoms with E-state index in [4.69, 9.17) is 11.6 Å². The van der Waals surface area contributed by atoms with Gasteiger partial charge in [-0.15, -0.1) is 0 Å². The summed E-state index contributed by atoms with van der Waals surface area (Å²) in [5.74, 6) is -1.32. The Balaban J connectivity index is 2.02. The molecule has 0 aromatic heterocycles. The Hall–Kier alpha value is -2.17. The van der Waals surface area contributed by atoms with Crippen molar-refractivity contribution in [1.82, 2.24) is 4.72 Å². The maximum atomic E-state index is 13.6. The van der Waals surface area contributed by atoms with Crippen molar-refractivity contribution < 1.29 is 30.8 Å². The second-order valence-corrected chi connectivity index (χ2v) is 7.99. The number of hydrogen-bond acceptors (Lipinski definition) is 3. The summed E-state index contributed by atoms with van der Waals surface area (Å²) in [4.78, 5) is 11.2. The van der Waals surface area contributed by atoms with Gasteiger partial charge in [0.1, 0.15) is 5.82 Å². The number of benzene rings is 2. The van der Waals surface area contributed by atoms with Gasteiger partial charge in [-0.05, 0) is 42.8 Å². The van der Waals surface area contributed by atoms with Crippen LogP contribution in [0.15, 0.2) is 41.3 Å². The molecule has 0 unspecified atom stereocenters. The minimum atomic E-state index is -4.82.